The molecule has 2 aliphatic rings. The van der Waals surface area contributed by atoms with Gasteiger partial charge in [-0.05, 0) is 141 Å². The van der Waals surface area contributed by atoms with Crippen molar-refractivity contribution < 1.29 is 6.85 Å². The van der Waals surface area contributed by atoms with Crippen molar-refractivity contribution in [2.24, 2.45) is 7.05 Å². The number of nitrogens with zero attached hydrogens (tertiary/aromatic N) is 3. The van der Waals surface area contributed by atoms with Crippen LogP contribution < -0.4 is 9.80 Å². The Morgan fingerprint density at radius 3 is 1.42 bits per heavy atom. The number of benzene rings is 10. The van der Waals surface area contributed by atoms with Gasteiger partial charge in [-0.15, -0.1) is 0 Å². The van der Waals surface area contributed by atoms with Gasteiger partial charge in [-0.1, -0.05) is 158 Å². The second kappa shape index (κ2) is 14.6. The third kappa shape index (κ3) is 5.55. The van der Waals surface area contributed by atoms with Crippen molar-refractivity contribution in [3.63, 3.8) is 0 Å². The predicted molar refractivity (Wildman–Crippen MR) is 272 cm³/mol. The van der Waals surface area contributed by atoms with Crippen LogP contribution >= 0.6 is 0 Å². The zero-order valence-corrected chi connectivity index (χ0v) is 35.5. The molecule has 0 aliphatic heterocycles. The van der Waals surface area contributed by atoms with Crippen molar-refractivity contribution in [1.82, 2.24) is 4.57 Å². The highest BCUT2D eigenvalue weighted by Gasteiger charge is 2.52. The molecule has 306 valence electrons. The molecule has 0 fully saturated rings. The molecule has 1 heterocycles. The van der Waals surface area contributed by atoms with Gasteiger partial charge in [0.1, 0.15) is 0 Å². The molecule has 0 saturated heterocycles. The Hall–Kier alpha value is -8.40. The van der Waals surface area contributed by atoms with E-state index in [-0.39, 0.29) is 29.7 Å². The number of aromatic nitrogens is 1. The molecule has 1 aromatic heterocycles. The molecule has 0 bridgehead atoms. The fraction of sp³-hybridized carbons (Fsp3) is 0.0323. The summed E-state index contributed by atoms with van der Waals surface area (Å²) in [5.41, 5.74) is 18.0. The minimum atomic E-state index is -0.668. The Kier molecular flexibility index (Phi) is 7.25. The maximum absolute atomic E-state index is 8.77. The molecule has 65 heavy (non-hydrogen) atoms. The number of aryl methyl sites for hydroxylation is 1. The Labute approximate surface area is 386 Å². The first kappa shape index (κ1) is 32.3. The summed E-state index contributed by atoms with van der Waals surface area (Å²) in [6.45, 7) is 0. The molecule has 0 amide bonds. The van der Waals surface area contributed by atoms with Crippen LogP contribution in [0.5, 0.6) is 0 Å². The van der Waals surface area contributed by atoms with Crippen molar-refractivity contribution in [2.75, 3.05) is 9.80 Å². The molecular weight excluding hydrogens is 787 g/mol. The van der Waals surface area contributed by atoms with Crippen LogP contribution in [0.4, 0.5) is 34.1 Å². The summed E-state index contributed by atoms with van der Waals surface area (Å²) < 4.78 is 44.8. The Balaban J connectivity index is 1.05. The van der Waals surface area contributed by atoms with Crippen molar-refractivity contribution in [3.05, 3.63) is 265 Å². The third-order valence-electron chi connectivity index (χ3n) is 13.7. The minimum Gasteiger partial charge on any atom is -0.344 e. The van der Waals surface area contributed by atoms with Gasteiger partial charge in [0, 0.05) is 63.0 Å². The Morgan fingerprint density at radius 1 is 0.354 bits per heavy atom. The monoisotopic (exact) mass is 834 g/mol. The average molecular weight is 835 g/mol. The van der Waals surface area contributed by atoms with Crippen molar-refractivity contribution >= 4 is 55.9 Å². The van der Waals surface area contributed by atoms with E-state index >= 15 is 0 Å². The third-order valence-corrected chi connectivity index (χ3v) is 13.7. The molecule has 11 aromatic rings. The lowest BCUT2D eigenvalue weighted by atomic mass is 9.70. The summed E-state index contributed by atoms with van der Waals surface area (Å²) in [5, 5.41) is 2.30. The van der Waals surface area contributed by atoms with E-state index in [0.717, 1.165) is 55.9 Å². The Bertz CT molecular complexity index is 3840. The van der Waals surface area contributed by atoms with Gasteiger partial charge in [-0.3, -0.25) is 0 Å². The molecule has 2 aliphatic carbocycles. The van der Waals surface area contributed by atoms with Gasteiger partial charge in [-0.25, -0.2) is 0 Å². The van der Waals surface area contributed by atoms with Crippen molar-refractivity contribution in [1.29, 1.82) is 0 Å². The van der Waals surface area contributed by atoms with Crippen molar-refractivity contribution in [2.45, 2.75) is 5.41 Å². The van der Waals surface area contributed by atoms with Crippen LogP contribution in [0.25, 0.3) is 55.2 Å². The topological polar surface area (TPSA) is 11.4 Å². The van der Waals surface area contributed by atoms with Gasteiger partial charge in [-0.2, -0.15) is 0 Å². The number of anilines is 6. The second-order valence-electron chi connectivity index (χ2n) is 17.0. The van der Waals surface area contributed by atoms with Gasteiger partial charge in [0.05, 0.1) is 12.3 Å². The zero-order valence-electron chi connectivity index (χ0n) is 40.5. The van der Waals surface area contributed by atoms with Crippen LogP contribution in [0.2, 0.25) is 0 Å². The zero-order chi connectivity index (χ0) is 47.4. The lowest BCUT2D eigenvalue weighted by molar-refractivity contribution is 0.793. The summed E-state index contributed by atoms with van der Waals surface area (Å²) >= 11 is 0. The van der Waals surface area contributed by atoms with E-state index in [4.69, 9.17) is 6.85 Å². The molecule has 13 rings (SSSR count). The highest BCUT2D eigenvalue weighted by molar-refractivity contribution is 6.09. The van der Waals surface area contributed by atoms with Crippen LogP contribution in [0.15, 0.2) is 243 Å². The second-order valence-corrected chi connectivity index (χ2v) is 17.0. The summed E-state index contributed by atoms with van der Waals surface area (Å²) in [6, 6.07) is 74.1. The van der Waals surface area contributed by atoms with Gasteiger partial charge in [0.25, 0.3) is 0 Å². The van der Waals surface area contributed by atoms with Gasteiger partial charge in [0.2, 0.25) is 0 Å². The van der Waals surface area contributed by atoms with Gasteiger partial charge >= 0.3 is 0 Å². The number of hydrogen-bond donors (Lipinski definition) is 0. The maximum atomic E-state index is 8.77. The van der Waals surface area contributed by atoms with Crippen molar-refractivity contribution in [3.8, 4) is 33.4 Å². The Morgan fingerprint density at radius 2 is 0.800 bits per heavy atom. The summed E-state index contributed by atoms with van der Waals surface area (Å²) in [4.78, 5) is 4.63. The fourth-order valence-electron chi connectivity index (χ4n) is 10.9. The molecular formula is C62H43N3. The predicted octanol–water partition coefficient (Wildman–Crippen LogP) is 16.3. The quantitative estimate of drug-likeness (QED) is 0.158. The first-order chi connectivity index (χ1) is 34.2. The lowest BCUT2D eigenvalue weighted by Gasteiger charge is -2.33. The van der Waals surface area contributed by atoms with Crippen LogP contribution in [0, 0.1) is 0 Å². The molecule has 0 saturated carbocycles. The van der Waals surface area contributed by atoms with E-state index < -0.39 is 11.5 Å². The first-order valence-electron chi connectivity index (χ1n) is 24.6. The van der Waals surface area contributed by atoms with Crippen LogP contribution in [0.3, 0.4) is 0 Å². The SMILES string of the molecule is [2H]c1c([2H])c([2H])c(-c2ccc(N(c3ccc4c(c3)C3(c5ccccc5-c5ccc(N(c6ccccc6)c6ccccc6)cc53)c3ccccc3-4)c3ccc4c(c3)c3ccccc3n4C)cc2)c([2H])c1[2H]. The highest BCUT2D eigenvalue weighted by atomic mass is 15.1. The van der Waals surface area contributed by atoms with Gasteiger partial charge in [0.15, 0.2) is 0 Å². The molecule has 0 N–H and O–H groups in total. The van der Waals surface area contributed by atoms with E-state index in [1.807, 2.05) is 24.3 Å². The average Bonchev–Trinajstić information content (AvgIpc) is 3.99. The smallest absolute Gasteiger partial charge is 0.0727 e. The molecule has 1 spiro atoms. The van der Waals surface area contributed by atoms with E-state index in [0.29, 0.717) is 5.56 Å². The highest BCUT2D eigenvalue weighted by Crippen LogP contribution is 2.64. The van der Waals surface area contributed by atoms with Crippen LogP contribution in [-0.4, -0.2) is 4.57 Å². The van der Waals surface area contributed by atoms with Crippen LogP contribution in [-0.2, 0) is 12.5 Å². The van der Waals surface area contributed by atoms with Crippen LogP contribution in [0.1, 0.15) is 29.1 Å². The number of para-hydroxylation sites is 3. The summed E-state index contributed by atoms with van der Waals surface area (Å²) in [7, 11) is 2.11. The molecule has 3 heteroatoms. The van der Waals surface area contributed by atoms with E-state index in [9.17, 15) is 0 Å². The summed E-state index contributed by atoms with van der Waals surface area (Å²) in [6.07, 6.45) is 0. The normalized spacial score (nSPS) is 15.4. The first-order valence-corrected chi connectivity index (χ1v) is 22.1. The lowest BCUT2D eigenvalue weighted by Crippen LogP contribution is -2.26. The number of hydrogen-bond acceptors (Lipinski definition) is 2. The molecule has 10 aromatic carbocycles. The molecule has 0 radical (unpaired) electrons. The number of fused-ring (bicyclic) bond motifs is 13. The van der Waals surface area contributed by atoms with Gasteiger partial charge < -0.3 is 14.4 Å². The van der Waals surface area contributed by atoms with E-state index in [2.05, 4.69) is 209 Å². The molecule has 3 nitrogen and oxygen atoms in total. The molecule has 1 unspecified atom stereocenters. The fourth-order valence-corrected chi connectivity index (χ4v) is 10.9. The van der Waals surface area contributed by atoms with E-state index in [1.165, 1.54) is 44.5 Å². The maximum Gasteiger partial charge on any atom is 0.0727 e. The summed E-state index contributed by atoms with van der Waals surface area (Å²) in [5.74, 6) is 0. The van der Waals surface area contributed by atoms with E-state index in [1.54, 1.807) is 0 Å². The standard InChI is InChI=1S/C62H43N3/c1-63-60-28-16-13-25-54(60)55-39-47(35-38-61(55)63)65(46-31-29-43(30-32-46)42-17-5-2-6-18-42)49-34-37-53-51-24-12-15-27-57(51)62(59(53)41-49)56-26-14-11-23-50(56)52-36-33-48(40-58(52)62)64(44-19-7-3-8-20-44)45-21-9-4-10-22-45/h2-41H,1H3/i2D,5D,6D,17D,18D. The largest absolute Gasteiger partial charge is 0.344 e. The molecule has 1 atom stereocenters. The minimum absolute atomic E-state index is 0.175. The number of rotatable bonds is 7.